The summed E-state index contributed by atoms with van der Waals surface area (Å²) < 4.78 is 5.57. The molecule has 0 aliphatic carbocycles. The molecule has 0 radical (unpaired) electrons. The van der Waals surface area contributed by atoms with Gasteiger partial charge in [-0.3, -0.25) is 9.98 Å². The highest BCUT2D eigenvalue weighted by atomic mass is 16.5. The van der Waals surface area contributed by atoms with E-state index >= 15 is 0 Å². The zero-order valence-electron chi connectivity index (χ0n) is 13.9. The second-order valence-electron chi connectivity index (χ2n) is 4.99. The van der Waals surface area contributed by atoms with Crippen molar-refractivity contribution in [1.29, 1.82) is 0 Å². The highest BCUT2D eigenvalue weighted by molar-refractivity contribution is 6.29. The molecule has 7 nitrogen and oxygen atoms in total. The van der Waals surface area contributed by atoms with Crippen LogP contribution in [0.5, 0.6) is 0 Å². The van der Waals surface area contributed by atoms with Crippen LogP contribution in [0.1, 0.15) is 46.0 Å². The Hall–Kier alpha value is -1.76. The molecule has 0 amide bonds. The number of hydrogen-bond donors (Lipinski definition) is 2. The lowest BCUT2D eigenvalue weighted by atomic mass is 10.2. The Balaban J connectivity index is 3.24. The number of rotatable bonds is 13. The van der Waals surface area contributed by atoms with E-state index in [0.29, 0.717) is 0 Å². The molecule has 0 bridgehead atoms. The number of ether oxygens (including phenoxy) is 1. The summed E-state index contributed by atoms with van der Waals surface area (Å²) in [4.78, 5) is 8.45. The molecule has 0 spiro atoms. The van der Waals surface area contributed by atoms with Gasteiger partial charge in [0.05, 0.1) is 11.4 Å². The van der Waals surface area contributed by atoms with Gasteiger partial charge in [0.1, 0.15) is 0 Å². The summed E-state index contributed by atoms with van der Waals surface area (Å²) in [6.07, 6.45) is 8.71. The zero-order valence-corrected chi connectivity index (χ0v) is 13.9. The van der Waals surface area contributed by atoms with Crippen molar-refractivity contribution in [3.05, 3.63) is 0 Å². The van der Waals surface area contributed by atoms with Gasteiger partial charge >= 0.3 is 0 Å². The molecule has 0 atom stereocenters. The molecule has 7 heteroatoms. The Morgan fingerprint density at radius 2 is 1.23 bits per heavy atom. The van der Waals surface area contributed by atoms with Crippen LogP contribution in [0.4, 0.5) is 0 Å². The summed E-state index contributed by atoms with van der Waals surface area (Å²) >= 11 is 0. The van der Waals surface area contributed by atoms with E-state index in [2.05, 4.69) is 20.2 Å². The number of hydrogen-bond acceptors (Lipinski definition) is 7. The molecule has 0 fully saturated rings. The number of nitrogens with two attached hydrogens (primary N) is 2. The fourth-order valence-electron chi connectivity index (χ4n) is 1.55. The molecule has 0 aliphatic rings. The minimum Gasteiger partial charge on any atom is -0.381 e. The predicted molar refractivity (Wildman–Crippen MR) is 95.2 cm³/mol. The first-order valence-corrected chi connectivity index (χ1v) is 7.77. The molecular weight excluding hydrogens is 280 g/mol. The van der Waals surface area contributed by atoms with Crippen LogP contribution < -0.4 is 11.7 Å². The van der Waals surface area contributed by atoms with Crippen LogP contribution >= 0.6 is 0 Å². The van der Waals surface area contributed by atoms with Crippen molar-refractivity contribution in [3.63, 3.8) is 0 Å². The van der Waals surface area contributed by atoms with Crippen molar-refractivity contribution in [2.75, 3.05) is 26.3 Å². The highest BCUT2D eigenvalue weighted by Crippen LogP contribution is 1.98. The van der Waals surface area contributed by atoms with Gasteiger partial charge in [0.2, 0.25) is 0 Å². The van der Waals surface area contributed by atoms with E-state index in [1.807, 2.05) is 13.8 Å². The molecular formula is C15H30N6O. The quantitative estimate of drug-likeness (QED) is 0.234. The highest BCUT2D eigenvalue weighted by Gasteiger charge is 1.92. The third kappa shape index (κ3) is 14.6. The van der Waals surface area contributed by atoms with Crippen molar-refractivity contribution >= 4 is 23.9 Å². The van der Waals surface area contributed by atoms with Crippen LogP contribution in [-0.2, 0) is 4.74 Å². The smallest absolute Gasteiger partial charge is 0.0747 e. The Morgan fingerprint density at radius 3 is 1.73 bits per heavy atom. The molecule has 4 N–H and O–H groups in total. The lowest BCUT2D eigenvalue weighted by Crippen LogP contribution is -2.00. The molecule has 0 aromatic rings. The minimum atomic E-state index is 0.742. The molecule has 0 aromatic heterocycles. The third-order valence-corrected chi connectivity index (χ3v) is 2.87. The first-order valence-electron chi connectivity index (χ1n) is 7.77. The van der Waals surface area contributed by atoms with Gasteiger partial charge in [0.15, 0.2) is 0 Å². The Labute approximate surface area is 133 Å². The predicted octanol–water partition coefficient (Wildman–Crippen LogP) is 1.76. The largest absolute Gasteiger partial charge is 0.381 e. The van der Waals surface area contributed by atoms with Gasteiger partial charge in [-0.05, 0) is 46.0 Å². The van der Waals surface area contributed by atoms with Crippen LogP contribution in [0.3, 0.4) is 0 Å². The van der Waals surface area contributed by atoms with Crippen LogP contribution in [0.25, 0.3) is 0 Å². The van der Waals surface area contributed by atoms with Crippen molar-refractivity contribution < 1.29 is 4.74 Å². The van der Waals surface area contributed by atoms with E-state index in [0.717, 1.165) is 69.8 Å². The molecule has 0 heterocycles. The molecule has 0 rings (SSSR count). The van der Waals surface area contributed by atoms with Crippen LogP contribution in [0, 0.1) is 0 Å². The normalized spacial score (nSPS) is 13.5. The fraction of sp³-hybridized carbons (Fsp3) is 0.733. The molecule has 0 unspecified atom stereocenters. The number of unbranched alkanes of at least 4 members (excludes halogenated alkanes) is 3. The maximum atomic E-state index is 5.57. The molecule has 0 aromatic carbocycles. The molecule has 126 valence electrons. The van der Waals surface area contributed by atoms with E-state index < -0.39 is 0 Å². The van der Waals surface area contributed by atoms with E-state index in [1.165, 1.54) is 0 Å². The summed E-state index contributed by atoms with van der Waals surface area (Å²) in [5, 5.41) is 7.04. The van der Waals surface area contributed by atoms with Gasteiger partial charge in [-0.2, -0.15) is 10.2 Å². The number of hydrazone groups is 2. The number of aliphatic imine (C=N–C) groups is 2. The molecule has 0 aliphatic heterocycles. The summed E-state index contributed by atoms with van der Waals surface area (Å²) in [5.41, 5.74) is 1.49. The van der Waals surface area contributed by atoms with Crippen LogP contribution in [0.2, 0.25) is 0 Å². The van der Waals surface area contributed by atoms with Crippen molar-refractivity contribution in [2.45, 2.75) is 46.0 Å². The second-order valence-corrected chi connectivity index (χ2v) is 4.99. The van der Waals surface area contributed by atoms with Gasteiger partial charge in [-0.25, -0.2) is 0 Å². The van der Waals surface area contributed by atoms with Gasteiger partial charge in [-0.1, -0.05) is 0 Å². The maximum absolute atomic E-state index is 5.57. The van der Waals surface area contributed by atoms with E-state index in [1.54, 1.807) is 12.4 Å². The fourth-order valence-corrected chi connectivity index (χ4v) is 1.55. The average Bonchev–Trinajstić information content (AvgIpc) is 2.54. The number of nitrogens with zero attached hydrogens (tertiary/aromatic N) is 4. The van der Waals surface area contributed by atoms with Gasteiger partial charge in [-0.15, -0.1) is 0 Å². The summed E-state index contributed by atoms with van der Waals surface area (Å²) in [5.74, 6) is 10.2. The molecule has 0 saturated heterocycles. The van der Waals surface area contributed by atoms with Crippen molar-refractivity contribution in [1.82, 2.24) is 0 Å². The van der Waals surface area contributed by atoms with Crippen molar-refractivity contribution in [2.24, 2.45) is 31.9 Å². The first-order chi connectivity index (χ1) is 10.7. The first kappa shape index (κ1) is 20.2. The summed E-state index contributed by atoms with van der Waals surface area (Å²) in [6.45, 7) is 6.87. The second kappa shape index (κ2) is 15.6. The van der Waals surface area contributed by atoms with E-state index in [4.69, 9.17) is 16.4 Å². The van der Waals surface area contributed by atoms with Gasteiger partial charge < -0.3 is 16.4 Å². The lowest BCUT2D eigenvalue weighted by molar-refractivity contribution is 0.127. The van der Waals surface area contributed by atoms with E-state index in [9.17, 15) is 0 Å². The lowest BCUT2D eigenvalue weighted by Gasteiger charge is -2.03. The third-order valence-electron chi connectivity index (χ3n) is 2.87. The van der Waals surface area contributed by atoms with E-state index in [-0.39, 0.29) is 0 Å². The van der Waals surface area contributed by atoms with Gasteiger partial charge in [0.25, 0.3) is 0 Å². The molecule has 0 saturated carbocycles. The Morgan fingerprint density at radius 1 is 0.773 bits per heavy atom. The topological polar surface area (TPSA) is 111 Å². The van der Waals surface area contributed by atoms with Crippen LogP contribution in [0.15, 0.2) is 20.2 Å². The molecule has 22 heavy (non-hydrogen) atoms. The summed E-state index contributed by atoms with van der Waals surface area (Å²) in [7, 11) is 0. The summed E-state index contributed by atoms with van der Waals surface area (Å²) in [6, 6.07) is 0. The standard InChI is InChI=1S/C15H30N6O/c1-14(20-16)12-18-8-4-3-6-10-22-11-7-5-9-19-13-15(2)21-17/h12-13H,3-11,16-17H2,1-2H3. The SMILES string of the molecule is CC(C=NCCCCCOCCCCN=CC(C)=NN)=NN. The Bertz CT molecular complexity index is 340. The monoisotopic (exact) mass is 310 g/mol. The average molecular weight is 310 g/mol. The zero-order chi connectivity index (χ0) is 16.5. The van der Waals surface area contributed by atoms with Gasteiger partial charge in [0, 0.05) is 38.7 Å². The minimum absolute atomic E-state index is 0.742. The Kier molecular flexibility index (Phi) is 14.4. The van der Waals surface area contributed by atoms with Crippen molar-refractivity contribution in [3.8, 4) is 0 Å². The van der Waals surface area contributed by atoms with Crippen LogP contribution in [-0.4, -0.2) is 50.2 Å². The maximum Gasteiger partial charge on any atom is 0.0747 e.